The average molecular weight is 423 g/mol. The molecule has 0 bridgehead atoms. The summed E-state index contributed by atoms with van der Waals surface area (Å²) in [4.78, 5) is 21.9. The van der Waals surface area contributed by atoms with Gasteiger partial charge >= 0.3 is 0 Å². The predicted octanol–water partition coefficient (Wildman–Crippen LogP) is 4.33. The standard InChI is InChI=1S/C27H26N4O/c32-26(25-16-8-10-19-30-25)31-27(22-11-3-1-4-12-22,23-13-5-2-6-14-23)17-20-28-21-24-15-7-9-18-29-24/h1-16,18-19,28H,17,20-21H2,(H,31,32). The van der Waals surface area contributed by atoms with Crippen molar-refractivity contribution in [2.24, 2.45) is 0 Å². The lowest BCUT2D eigenvalue weighted by molar-refractivity contribution is 0.0903. The summed E-state index contributed by atoms with van der Waals surface area (Å²) >= 11 is 0. The van der Waals surface area contributed by atoms with Crippen molar-refractivity contribution in [1.29, 1.82) is 0 Å². The quantitative estimate of drug-likeness (QED) is 0.394. The maximum Gasteiger partial charge on any atom is 0.270 e. The Bertz CT molecular complexity index is 1060. The van der Waals surface area contributed by atoms with Crippen molar-refractivity contribution in [3.05, 3.63) is 132 Å². The van der Waals surface area contributed by atoms with Crippen LogP contribution >= 0.6 is 0 Å². The van der Waals surface area contributed by atoms with Crippen LogP contribution in [0.25, 0.3) is 0 Å². The molecule has 0 aliphatic rings. The van der Waals surface area contributed by atoms with E-state index in [1.807, 2.05) is 60.7 Å². The number of hydrogen-bond acceptors (Lipinski definition) is 4. The van der Waals surface area contributed by atoms with Crippen LogP contribution < -0.4 is 10.6 Å². The van der Waals surface area contributed by atoms with Crippen molar-refractivity contribution in [3.8, 4) is 0 Å². The molecule has 0 radical (unpaired) electrons. The van der Waals surface area contributed by atoms with Gasteiger partial charge < -0.3 is 10.6 Å². The van der Waals surface area contributed by atoms with E-state index in [0.29, 0.717) is 25.2 Å². The van der Waals surface area contributed by atoms with Crippen LogP contribution in [-0.2, 0) is 12.1 Å². The van der Waals surface area contributed by atoms with E-state index in [1.54, 1.807) is 24.5 Å². The van der Waals surface area contributed by atoms with E-state index in [9.17, 15) is 4.79 Å². The highest BCUT2D eigenvalue weighted by Gasteiger charge is 2.36. The highest BCUT2D eigenvalue weighted by atomic mass is 16.2. The van der Waals surface area contributed by atoms with Crippen LogP contribution in [0.15, 0.2) is 109 Å². The second-order valence-electron chi connectivity index (χ2n) is 7.55. The number of nitrogens with one attached hydrogen (secondary N) is 2. The Kier molecular flexibility index (Phi) is 7.00. The lowest BCUT2D eigenvalue weighted by atomic mass is 9.79. The molecule has 4 rings (SSSR count). The second kappa shape index (κ2) is 10.5. The molecule has 2 heterocycles. The number of amides is 1. The summed E-state index contributed by atoms with van der Waals surface area (Å²) in [5.74, 6) is -0.206. The minimum absolute atomic E-state index is 0.206. The van der Waals surface area contributed by atoms with Crippen molar-refractivity contribution in [3.63, 3.8) is 0 Å². The fraction of sp³-hybridized carbons (Fsp3) is 0.148. The molecule has 0 spiro atoms. The van der Waals surface area contributed by atoms with E-state index in [1.165, 1.54) is 0 Å². The van der Waals surface area contributed by atoms with Crippen LogP contribution in [0.4, 0.5) is 0 Å². The van der Waals surface area contributed by atoms with Gasteiger partial charge in [-0.05, 0) is 48.4 Å². The Morgan fingerprint density at radius 2 is 1.31 bits per heavy atom. The third kappa shape index (κ3) is 5.07. The molecule has 2 aromatic carbocycles. The van der Waals surface area contributed by atoms with Gasteiger partial charge in [0.2, 0.25) is 0 Å². The second-order valence-corrected chi connectivity index (χ2v) is 7.55. The molecule has 5 heteroatoms. The average Bonchev–Trinajstić information content (AvgIpc) is 2.88. The van der Waals surface area contributed by atoms with Gasteiger partial charge in [-0.3, -0.25) is 14.8 Å². The van der Waals surface area contributed by atoms with Gasteiger partial charge in [0.05, 0.1) is 11.2 Å². The van der Waals surface area contributed by atoms with Crippen LogP contribution in [0.3, 0.4) is 0 Å². The summed E-state index contributed by atoms with van der Waals surface area (Å²) in [5.41, 5.74) is 2.71. The molecule has 0 fully saturated rings. The van der Waals surface area contributed by atoms with Crippen LogP contribution in [0.1, 0.15) is 33.7 Å². The first-order valence-corrected chi connectivity index (χ1v) is 10.7. The third-order valence-electron chi connectivity index (χ3n) is 5.47. The molecule has 5 nitrogen and oxygen atoms in total. The minimum atomic E-state index is -0.714. The van der Waals surface area contributed by atoms with Crippen molar-refractivity contribution in [1.82, 2.24) is 20.6 Å². The monoisotopic (exact) mass is 422 g/mol. The molecule has 160 valence electrons. The molecule has 4 aromatic rings. The Hall–Kier alpha value is -3.83. The summed E-state index contributed by atoms with van der Waals surface area (Å²) in [7, 11) is 0. The number of aromatic nitrogens is 2. The van der Waals surface area contributed by atoms with Gasteiger partial charge in [-0.1, -0.05) is 72.8 Å². The summed E-state index contributed by atoms with van der Waals surface area (Å²) < 4.78 is 0. The summed E-state index contributed by atoms with van der Waals surface area (Å²) in [6, 6.07) is 31.5. The number of benzene rings is 2. The van der Waals surface area contributed by atoms with E-state index in [4.69, 9.17) is 0 Å². The number of hydrogen-bond donors (Lipinski definition) is 2. The van der Waals surface area contributed by atoms with E-state index >= 15 is 0 Å². The Labute approximate surface area is 188 Å². The first-order valence-electron chi connectivity index (χ1n) is 10.7. The van der Waals surface area contributed by atoms with Crippen LogP contribution in [0.5, 0.6) is 0 Å². The zero-order valence-electron chi connectivity index (χ0n) is 17.8. The zero-order chi connectivity index (χ0) is 22.1. The summed E-state index contributed by atoms with van der Waals surface area (Å²) in [5, 5.41) is 6.80. The van der Waals surface area contributed by atoms with E-state index in [2.05, 4.69) is 44.9 Å². The fourth-order valence-electron chi connectivity index (χ4n) is 3.86. The van der Waals surface area contributed by atoms with E-state index in [0.717, 1.165) is 16.8 Å². The smallest absolute Gasteiger partial charge is 0.270 e. The largest absolute Gasteiger partial charge is 0.337 e. The number of carbonyl (C=O) groups excluding carboxylic acids is 1. The molecule has 2 aromatic heterocycles. The first-order chi connectivity index (χ1) is 15.8. The normalized spacial score (nSPS) is 11.1. The SMILES string of the molecule is O=C(NC(CCNCc1ccccn1)(c1ccccc1)c1ccccc1)c1ccccn1. The first kappa shape index (κ1) is 21.4. The molecular weight excluding hydrogens is 396 g/mol. The van der Waals surface area contributed by atoms with Crippen molar-refractivity contribution >= 4 is 5.91 Å². The van der Waals surface area contributed by atoms with Gasteiger partial charge in [0.1, 0.15) is 5.69 Å². The topological polar surface area (TPSA) is 66.9 Å². The third-order valence-corrected chi connectivity index (χ3v) is 5.47. The highest BCUT2D eigenvalue weighted by molar-refractivity contribution is 5.93. The van der Waals surface area contributed by atoms with Gasteiger partial charge in [0.15, 0.2) is 0 Å². The van der Waals surface area contributed by atoms with Crippen molar-refractivity contribution in [2.75, 3.05) is 6.54 Å². The number of pyridine rings is 2. The number of nitrogens with zero attached hydrogens (tertiary/aromatic N) is 2. The van der Waals surface area contributed by atoms with Gasteiger partial charge in [0.25, 0.3) is 5.91 Å². The van der Waals surface area contributed by atoms with Crippen molar-refractivity contribution in [2.45, 2.75) is 18.5 Å². The Morgan fingerprint density at radius 1 is 0.719 bits per heavy atom. The Balaban J connectivity index is 1.65. The van der Waals surface area contributed by atoms with Crippen LogP contribution in [-0.4, -0.2) is 22.4 Å². The molecule has 32 heavy (non-hydrogen) atoms. The summed E-state index contributed by atoms with van der Waals surface area (Å²) in [6.07, 6.45) is 4.09. The lowest BCUT2D eigenvalue weighted by Gasteiger charge is -2.36. The van der Waals surface area contributed by atoms with Crippen LogP contribution in [0.2, 0.25) is 0 Å². The maximum atomic E-state index is 13.3. The molecule has 0 saturated heterocycles. The molecule has 0 saturated carbocycles. The van der Waals surface area contributed by atoms with Gasteiger partial charge in [-0.2, -0.15) is 0 Å². The zero-order valence-corrected chi connectivity index (χ0v) is 17.8. The van der Waals surface area contributed by atoms with Gasteiger partial charge in [-0.25, -0.2) is 0 Å². The van der Waals surface area contributed by atoms with E-state index in [-0.39, 0.29) is 5.91 Å². The number of rotatable bonds is 9. The maximum absolute atomic E-state index is 13.3. The molecule has 2 N–H and O–H groups in total. The predicted molar refractivity (Wildman–Crippen MR) is 126 cm³/mol. The molecule has 0 aliphatic heterocycles. The summed E-state index contributed by atoms with van der Waals surface area (Å²) in [6.45, 7) is 1.34. The molecule has 0 atom stereocenters. The van der Waals surface area contributed by atoms with E-state index < -0.39 is 5.54 Å². The molecule has 1 amide bonds. The number of carbonyl (C=O) groups is 1. The molecule has 0 aliphatic carbocycles. The van der Waals surface area contributed by atoms with Gasteiger partial charge in [0, 0.05) is 18.9 Å². The lowest BCUT2D eigenvalue weighted by Crippen LogP contribution is -2.48. The highest BCUT2D eigenvalue weighted by Crippen LogP contribution is 2.33. The van der Waals surface area contributed by atoms with Crippen molar-refractivity contribution < 1.29 is 4.79 Å². The minimum Gasteiger partial charge on any atom is -0.337 e. The fourth-order valence-corrected chi connectivity index (χ4v) is 3.86. The molecular formula is C27H26N4O. The molecule has 0 unspecified atom stereocenters. The van der Waals surface area contributed by atoms with Gasteiger partial charge in [-0.15, -0.1) is 0 Å². The Morgan fingerprint density at radius 3 is 1.88 bits per heavy atom. The van der Waals surface area contributed by atoms with Crippen LogP contribution in [0, 0.1) is 0 Å².